The lowest BCUT2D eigenvalue weighted by Gasteiger charge is -2.11. The van der Waals surface area contributed by atoms with Gasteiger partial charge in [0.25, 0.3) is 0 Å². The Morgan fingerprint density at radius 1 is 1.47 bits per heavy atom. The van der Waals surface area contributed by atoms with Crippen LogP contribution in [0.25, 0.3) is 0 Å². The predicted molar refractivity (Wildman–Crippen MR) is 77.9 cm³/mol. The lowest BCUT2D eigenvalue weighted by molar-refractivity contribution is -0.137. The van der Waals surface area contributed by atoms with E-state index in [0.29, 0.717) is 12.8 Å². The van der Waals surface area contributed by atoms with Crippen LogP contribution in [0.4, 0.5) is 4.79 Å². The summed E-state index contributed by atoms with van der Waals surface area (Å²) in [5, 5.41) is 8.18. The molecule has 1 N–H and O–H groups in total. The number of aliphatic carboxylic acids is 1. The lowest BCUT2D eigenvalue weighted by Crippen LogP contribution is -2.15. The Kier molecular flexibility index (Phi) is 10.7. The van der Waals surface area contributed by atoms with Crippen LogP contribution in [0.1, 0.15) is 25.7 Å². The Labute approximate surface area is 119 Å². The Bertz CT molecular complexity index is 268. The number of hydrogen-bond donors (Lipinski definition) is 1. The number of allylic oxidation sites excluding steroid dienone is 1. The third-order valence-electron chi connectivity index (χ3n) is 1.93. The van der Waals surface area contributed by atoms with Crippen LogP contribution in [0.2, 0.25) is 0 Å². The molecule has 0 rings (SSSR count). The number of carbonyl (C=O) groups is 2. The van der Waals surface area contributed by atoms with Gasteiger partial charge in [-0.05, 0) is 30.9 Å². The van der Waals surface area contributed by atoms with Crippen molar-refractivity contribution in [2.24, 2.45) is 0 Å². The monoisotopic (exact) mass is 372 g/mol. The molecule has 6 heteroatoms. The molecule has 0 bridgehead atoms. The second-order valence-electron chi connectivity index (χ2n) is 3.34. The summed E-state index contributed by atoms with van der Waals surface area (Å²) in [6.07, 6.45) is 7.75. The van der Waals surface area contributed by atoms with Gasteiger partial charge in [0.15, 0.2) is 0 Å². The number of carboxylic acid groups (broad SMARTS) is 1. The SMILES string of the molecule is CSC(=O)OC(CI)C/C=C\CCCC(=O)O. The first-order valence-corrected chi connectivity index (χ1v) is 8.02. The molecule has 17 heavy (non-hydrogen) atoms. The number of halogens is 1. The van der Waals surface area contributed by atoms with Crippen molar-refractivity contribution >= 4 is 45.6 Å². The minimum atomic E-state index is -0.766. The van der Waals surface area contributed by atoms with Crippen molar-refractivity contribution in [3.63, 3.8) is 0 Å². The molecule has 0 aromatic carbocycles. The van der Waals surface area contributed by atoms with Crippen LogP contribution in [0.15, 0.2) is 12.2 Å². The number of alkyl halides is 1. The zero-order valence-corrected chi connectivity index (χ0v) is 12.7. The smallest absolute Gasteiger partial charge is 0.367 e. The first kappa shape index (κ1) is 16.8. The fourth-order valence-corrected chi connectivity index (χ4v) is 1.84. The van der Waals surface area contributed by atoms with Gasteiger partial charge < -0.3 is 9.84 Å². The summed E-state index contributed by atoms with van der Waals surface area (Å²) in [6, 6.07) is 0. The molecule has 0 radical (unpaired) electrons. The Balaban J connectivity index is 3.70. The van der Waals surface area contributed by atoms with Gasteiger partial charge >= 0.3 is 11.3 Å². The number of thioether (sulfide) groups is 1. The Morgan fingerprint density at radius 2 is 2.18 bits per heavy atom. The number of rotatable bonds is 8. The number of carboxylic acids is 1. The second kappa shape index (κ2) is 10.9. The van der Waals surface area contributed by atoms with E-state index in [4.69, 9.17) is 9.84 Å². The highest BCUT2D eigenvalue weighted by molar-refractivity contribution is 14.1. The average Bonchev–Trinajstić information content (AvgIpc) is 2.31. The number of carbonyl (C=O) groups excluding carboxylic acids is 1. The molecule has 0 fully saturated rings. The van der Waals surface area contributed by atoms with Gasteiger partial charge in [0, 0.05) is 17.3 Å². The normalized spacial score (nSPS) is 12.6. The van der Waals surface area contributed by atoms with E-state index in [1.165, 1.54) is 0 Å². The Hall–Kier alpha value is -0.240. The maximum atomic E-state index is 11.0. The first-order chi connectivity index (χ1) is 8.10. The van der Waals surface area contributed by atoms with Gasteiger partial charge in [-0.15, -0.1) is 0 Å². The van der Waals surface area contributed by atoms with Crippen molar-refractivity contribution in [1.29, 1.82) is 0 Å². The summed E-state index contributed by atoms with van der Waals surface area (Å²) < 4.78 is 5.92. The summed E-state index contributed by atoms with van der Waals surface area (Å²) in [7, 11) is 0. The van der Waals surface area contributed by atoms with E-state index in [1.807, 2.05) is 12.2 Å². The van der Waals surface area contributed by atoms with E-state index in [1.54, 1.807) is 6.26 Å². The first-order valence-electron chi connectivity index (χ1n) is 5.27. The molecule has 0 aromatic rings. The third kappa shape index (κ3) is 10.6. The zero-order valence-electron chi connectivity index (χ0n) is 9.73. The van der Waals surface area contributed by atoms with E-state index in [2.05, 4.69) is 22.6 Å². The third-order valence-corrected chi connectivity index (χ3v) is 3.34. The quantitative estimate of drug-likeness (QED) is 0.232. The summed E-state index contributed by atoms with van der Waals surface area (Å²) in [4.78, 5) is 21.3. The molecule has 0 amide bonds. The van der Waals surface area contributed by atoms with Crippen LogP contribution in [0, 0.1) is 0 Å². The minimum absolute atomic E-state index is 0.0914. The summed E-state index contributed by atoms with van der Waals surface area (Å²) in [5.41, 5.74) is 0. The molecule has 0 aliphatic rings. The van der Waals surface area contributed by atoms with Gasteiger partial charge in [-0.2, -0.15) is 0 Å². The van der Waals surface area contributed by atoms with Gasteiger partial charge in [-0.3, -0.25) is 4.79 Å². The largest absolute Gasteiger partial charge is 0.481 e. The van der Waals surface area contributed by atoms with Crippen molar-refractivity contribution in [2.45, 2.75) is 31.8 Å². The molecule has 1 unspecified atom stereocenters. The molecule has 4 nitrogen and oxygen atoms in total. The van der Waals surface area contributed by atoms with Gasteiger partial charge in [0.2, 0.25) is 0 Å². The van der Waals surface area contributed by atoms with Gasteiger partial charge in [-0.25, -0.2) is 4.79 Å². The average molecular weight is 372 g/mol. The van der Waals surface area contributed by atoms with Crippen molar-refractivity contribution in [3.8, 4) is 0 Å². The van der Waals surface area contributed by atoms with Crippen LogP contribution in [-0.2, 0) is 9.53 Å². The number of hydrogen-bond acceptors (Lipinski definition) is 4. The van der Waals surface area contributed by atoms with E-state index in [-0.39, 0.29) is 17.8 Å². The highest BCUT2D eigenvalue weighted by atomic mass is 127. The van der Waals surface area contributed by atoms with Crippen LogP contribution >= 0.6 is 34.4 Å². The zero-order chi connectivity index (χ0) is 13.1. The fourth-order valence-electron chi connectivity index (χ4n) is 1.06. The molecule has 0 saturated heterocycles. The fraction of sp³-hybridized carbons (Fsp3) is 0.636. The Morgan fingerprint density at radius 3 is 2.71 bits per heavy atom. The molecular formula is C11H17IO4S. The molecule has 0 aliphatic carbocycles. The van der Waals surface area contributed by atoms with Crippen molar-refractivity contribution in [2.75, 3.05) is 10.7 Å². The molecule has 0 aliphatic heterocycles. The molecule has 0 heterocycles. The van der Waals surface area contributed by atoms with Crippen LogP contribution in [0.5, 0.6) is 0 Å². The highest BCUT2D eigenvalue weighted by Crippen LogP contribution is 2.10. The van der Waals surface area contributed by atoms with Crippen molar-refractivity contribution in [3.05, 3.63) is 12.2 Å². The second-order valence-corrected chi connectivity index (χ2v) is 4.96. The molecule has 0 aromatic heterocycles. The van der Waals surface area contributed by atoms with Crippen molar-refractivity contribution in [1.82, 2.24) is 0 Å². The van der Waals surface area contributed by atoms with E-state index in [9.17, 15) is 9.59 Å². The van der Waals surface area contributed by atoms with Gasteiger partial charge in [0.05, 0.1) is 0 Å². The molecule has 98 valence electrons. The molecular weight excluding hydrogens is 355 g/mol. The highest BCUT2D eigenvalue weighted by Gasteiger charge is 2.10. The number of ether oxygens (including phenoxy) is 1. The molecule has 0 saturated carbocycles. The van der Waals surface area contributed by atoms with Crippen LogP contribution in [0.3, 0.4) is 0 Å². The predicted octanol–water partition coefficient (Wildman–Crippen LogP) is 3.49. The van der Waals surface area contributed by atoms with Gasteiger partial charge in [-0.1, -0.05) is 34.7 Å². The van der Waals surface area contributed by atoms with E-state index >= 15 is 0 Å². The summed E-state index contributed by atoms with van der Waals surface area (Å²) in [5.74, 6) is -0.766. The summed E-state index contributed by atoms with van der Waals surface area (Å²) >= 11 is 3.24. The lowest BCUT2D eigenvalue weighted by atomic mass is 10.2. The van der Waals surface area contributed by atoms with Crippen LogP contribution < -0.4 is 0 Å². The number of unbranched alkanes of at least 4 members (excludes halogenated alkanes) is 1. The maximum absolute atomic E-state index is 11.0. The van der Waals surface area contributed by atoms with E-state index in [0.717, 1.165) is 22.6 Å². The molecule has 0 spiro atoms. The molecule has 1 atom stereocenters. The standard InChI is InChI=1S/C11H17IO4S/c1-17-11(15)16-9(8-12)6-4-2-3-5-7-10(13)14/h2,4,9H,3,5-8H2,1H3,(H,13,14)/b4-2-. The van der Waals surface area contributed by atoms with E-state index < -0.39 is 5.97 Å². The topological polar surface area (TPSA) is 63.6 Å². The summed E-state index contributed by atoms with van der Waals surface area (Å²) in [6.45, 7) is 0. The minimum Gasteiger partial charge on any atom is -0.481 e. The van der Waals surface area contributed by atoms with Gasteiger partial charge in [0.1, 0.15) is 6.10 Å². The maximum Gasteiger partial charge on any atom is 0.367 e. The van der Waals surface area contributed by atoms with Crippen LogP contribution in [-0.4, -0.2) is 33.2 Å². The van der Waals surface area contributed by atoms with Crippen molar-refractivity contribution < 1.29 is 19.4 Å².